The molecule has 2 aliphatic carbocycles. The highest BCUT2D eigenvalue weighted by atomic mass is 16.7. The van der Waals surface area contributed by atoms with Gasteiger partial charge in [0.15, 0.2) is 11.5 Å². The molecule has 6 heteroatoms. The van der Waals surface area contributed by atoms with Crippen molar-refractivity contribution in [3.05, 3.63) is 101 Å². The van der Waals surface area contributed by atoms with Gasteiger partial charge in [0.05, 0.1) is 28.3 Å². The van der Waals surface area contributed by atoms with E-state index < -0.39 is 18.3 Å². The Bertz CT molecular complexity index is 1360. The van der Waals surface area contributed by atoms with Crippen molar-refractivity contribution in [1.82, 2.24) is 0 Å². The van der Waals surface area contributed by atoms with Crippen LogP contribution in [0.2, 0.25) is 0 Å². The normalized spacial score (nSPS) is 25.4. The maximum absolute atomic E-state index is 6.51. The first-order valence-corrected chi connectivity index (χ1v) is 13.2. The van der Waals surface area contributed by atoms with E-state index in [0.29, 0.717) is 0 Å². The van der Waals surface area contributed by atoms with Crippen LogP contribution in [0.15, 0.2) is 101 Å². The SMILES string of the molecule is C/C=C\C1=C(C)C2CC=CC(N3C4=CCC=CC=C4Oc4cc(B5OC(C)(C)C(C)(C)O5)ccc43)=C2O1. The maximum atomic E-state index is 6.51. The number of ether oxygens (including phenoxy) is 2. The molecule has 6 rings (SSSR count). The third-order valence-electron chi connectivity index (χ3n) is 8.20. The molecule has 1 atom stereocenters. The Labute approximate surface area is 220 Å². The van der Waals surface area contributed by atoms with Crippen LogP contribution in [0.5, 0.6) is 5.75 Å². The van der Waals surface area contributed by atoms with Crippen molar-refractivity contribution >= 4 is 18.3 Å². The van der Waals surface area contributed by atoms with Gasteiger partial charge in [-0.15, -0.1) is 0 Å². The van der Waals surface area contributed by atoms with E-state index in [2.05, 4.69) is 94.2 Å². The van der Waals surface area contributed by atoms with Gasteiger partial charge < -0.3 is 23.7 Å². The first-order valence-electron chi connectivity index (χ1n) is 13.2. The lowest BCUT2D eigenvalue weighted by Gasteiger charge is -2.37. The van der Waals surface area contributed by atoms with Crippen LogP contribution < -0.4 is 15.1 Å². The molecule has 1 saturated heterocycles. The maximum Gasteiger partial charge on any atom is 0.494 e. The third kappa shape index (κ3) is 3.85. The van der Waals surface area contributed by atoms with E-state index in [1.54, 1.807) is 0 Å². The Hall–Kier alpha value is -3.22. The Kier molecular flexibility index (Phi) is 5.66. The zero-order chi connectivity index (χ0) is 25.9. The van der Waals surface area contributed by atoms with E-state index in [1.165, 1.54) is 5.57 Å². The topological polar surface area (TPSA) is 40.2 Å². The van der Waals surface area contributed by atoms with Gasteiger partial charge in [0.25, 0.3) is 0 Å². The Balaban J connectivity index is 1.46. The minimum Gasteiger partial charge on any atom is -0.459 e. The largest absolute Gasteiger partial charge is 0.494 e. The second kappa shape index (κ2) is 8.68. The minimum absolute atomic E-state index is 0.235. The average molecular weight is 495 g/mol. The monoisotopic (exact) mass is 495 g/mol. The molecule has 1 aromatic carbocycles. The second-order valence-corrected chi connectivity index (χ2v) is 11.1. The summed E-state index contributed by atoms with van der Waals surface area (Å²) in [6.07, 6.45) is 18.7. The molecular formula is C31H34BNO4. The lowest BCUT2D eigenvalue weighted by atomic mass is 9.78. The molecule has 190 valence electrons. The van der Waals surface area contributed by atoms with Gasteiger partial charge in [0.1, 0.15) is 11.5 Å². The summed E-state index contributed by atoms with van der Waals surface area (Å²) >= 11 is 0. The van der Waals surface area contributed by atoms with Crippen LogP contribution in [-0.2, 0) is 14.0 Å². The highest BCUT2D eigenvalue weighted by Gasteiger charge is 2.52. The zero-order valence-corrected chi connectivity index (χ0v) is 22.5. The number of benzene rings is 1. The summed E-state index contributed by atoms with van der Waals surface area (Å²) in [7, 11) is -0.457. The standard InChI is InChI=1S/C31H34BNO4/c1-7-12-26-20(2)22-13-11-15-25(29(22)35-26)33-23-14-9-8-10-16-27(23)34-28-19-21(17-18-24(28)33)32-36-30(3,4)31(5,6)37-32/h7-8,10-12,14-19,22H,9,13H2,1-6H3/b12-7-. The van der Waals surface area contributed by atoms with Gasteiger partial charge in [0, 0.05) is 5.92 Å². The van der Waals surface area contributed by atoms with Crippen LogP contribution in [0.25, 0.3) is 0 Å². The molecule has 0 spiro atoms. The molecule has 0 aromatic heterocycles. The van der Waals surface area contributed by atoms with Crippen LogP contribution in [-0.4, -0.2) is 18.3 Å². The summed E-state index contributed by atoms with van der Waals surface area (Å²) in [4.78, 5) is 2.29. The molecule has 37 heavy (non-hydrogen) atoms. The predicted octanol–water partition coefficient (Wildman–Crippen LogP) is 6.58. The van der Waals surface area contributed by atoms with E-state index >= 15 is 0 Å². The molecule has 3 aliphatic heterocycles. The summed E-state index contributed by atoms with van der Waals surface area (Å²) in [5.41, 5.74) is 4.43. The predicted molar refractivity (Wildman–Crippen MR) is 148 cm³/mol. The molecule has 0 amide bonds. The number of anilines is 1. The highest BCUT2D eigenvalue weighted by molar-refractivity contribution is 6.62. The van der Waals surface area contributed by atoms with E-state index in [4.69, 9.17) is 18.8 Å². The second-order valence-electron chi connectivity index (χ2n) is 11.1. The number of nitrogens with zero attached hydrogens (tertiary/aromatic N) is 1. The fourth-order valence-corrected chi connectivity index (χ4v) is 5.37. The smallest absolute Gasteiger partial charge is 0.459 e. The van der Waals surface area contributed by atoms with Crippen LogP contribution in [0.4, 0.5) is 5.69 Å². The van der Waals surface area contributed by atoms with E-state index in [1.807, 2.05) is 19.1 Å². The number of hydrogen-bond donors (Lipinski definition) is 0. The Morgan fingerprint density at radius 3 is 2.59 bits per heavy atom. The molecule has 0 bridgehead atoms. The zero-order valence-electron chi connectivity index (χ0n) is 22.5. The lowest BCUT2D eigenvalue weighted by Crippen LogP contribution is -2.41. The van der Waals surface area contributed by atoms with Gasteiger partial charge in [-0.3, -0.25) is 0 Å². The summed E-state index contributed by atoms with van der Waals surface area (Å²) in [6, 6.07) is 6.25. The van der Waals surface area contributed by atoms with Crippen molar-refractivity contribution in [1.29, 1.82) is 0 Å². The number of fused-ring (bicyclic) bond motifs is 3. The molecule has 5 aliphatic rings. The molecule has 1 aromatic rings. The van der Waals surface area contributed by atoms with Gasteiger partial charge in [0.2, 0.25) is 0 Å². The molecule has 0 radical (unpaired) electrons. The van der Waals surface area contributed by atoms with Crippen LogP contribution >= 0.6 is 0 Å². The van der Waals surface area contributed by atoms with Crippen LogP contribution in [0, 0.1) is 5.92 Å². The molecule has 5 nitrogen and oxygen atoms in total. The number of hydrogen-bond acceptors (Lipinski definition) is 5. The van der Waals surface area contributed by atoms with Crippen molar-refractivity contribution in [2.45, 2.75) is 65.6 Å². The van der Waals surface area contributed by atoms with E-state index in [9.17, 15) is 0 Å². The van der Waals surface area contributed by atoms with Gasteiger partial charge >= 0.3 is 7.12 Å². The van der Waals surface area contributed by atoms with Gasteiger partial charge in [-0.2, -0.15) is 0 Å². The molecule has 1 unspecified atom stereocenters. The summed E-state index contributed by atoms with van der Waals surface area (Å²) in [6.45, 7) is 12.5. The minimum atomic E-state index is -0.457. The molecular weight excluding hydrogens is 461 g/mol. The van der Waals surface area contributed by atoms with Gasteiger partial charge in [-0.25, -0.2) is 0 Å². The first-order chi connectivity index (χ1) is 17.7. The first kappa shape index (κ1) is 24.1. The summed E-state index contributed by atoms with van der Waals surface area (Å²) in [5, 5.41) is 0. The van der Waals surface area contributed by atoms with E-state index in [-0.39, 0.29) is 5.92 Å². The van der Waals surface area contributed by atoms with Gasteiger partial charge in [-0.05, 0) is 95.8 Å². The van der Waals surface area contributed by atoms with Crippen molar-refractivity contribution in [2.75, 3.05) is 4.90 Å². The Morgan fingerprint density at radius 2 is 1.84 bits per heavy atom. The van der Waals surface area contributed by atoms with Crippen LogP contribution in [0.3, 0.4) is 0 Å². The fraction of sp³-hybridized carbons (Fsp3) is 0.355. The quantitative estimate of drug-likeness (QED) is 0.443. The Morgan fingerprint density at radius 1 is 1.05 bits per heavy atom. The molecule has 1 fully saturated rings. The molecule has 0 saturated carbocycles. The van der Waals surface area contributed by atoms with Gasteiger partial charge in [-0.1, -0.05) is 36.4 Å². The fourth-order valence-electron chi connectivity index (χ4n) is 5.37. The van der Waals surface area contributed by atoms with Crippen molar-refractivity contribution in [3.8, 4) is 5.75 Å². The average Bonchev–Trinajstić information content (AvgIpc) is 3.15. The highest BCUT2D eigenvalue weighted by Crippen LogP contribution is 2.48. The molecule has 0 N–H and O–H groups in total. The van der Waals surface area contributed by atoms with Crippen LogP contribution in [0.1, 0.15) is 54.4 Å². The van der Waals surface area contributed by atoms with Crippen molar-refractivity contribution < 1.29 is 18.8 Å². The third-order valence-corrected chi connectivity index (χ3v) is 8.20. The number of rotatable bonds is 3. The van der Waals surface area contributed by atoms with E-state index in [0.717, 1.165) is 58.4 Å². The van der Waals surface area contributed by atoms with Crippen molar-refractivity contribution in [2.24, 2.45) is 5.92 Å². The number of allylic oxidation sites excluding steroid dienone is 9. The summed E-state index contributed by atoms with van der Waals surface area (Å²) < 4.78 is 25.7. The summed E-state index contributed by atoms with van der Waals surface area (Å²) in [5.74, 6) is 3.76. The molecule has 3 heterocycles. The lowest BCUT2D eigenvalue weighted by molar-refractivity contribution is 0.00578. The van der Waals surface area contributed by atoms with Crippen molar-refractivity contribution in [3.63, 3.8) is 0 Å².